The molecule has 2 rings (SSSR count). The van der Waals surface area contributed by atoms with Crippen molar-refractivity contribution in [2.75, 3.05) is 5.73 Å². The summed E-state index contributed by atoms with van der Waals surface area (Å²) in [4.78, 5) is 11.6. The van der Waals surface area contributed by atoms with Gasteiger partial charge in [-0.05, 0) is 30.5 Å². The normalized spacial score (nSPS) is 11.4. The Morgan fingerprint density at radius 3 is 2.88 bits per heavy atom. The Balaban J connectivity index is 2.46. The summed E-state index contributed by atoms with van der Waals surface area (Å²) in [5.41, 5.74) is 7.73. The zero-order valence-electron chi connectivity index (χ0n) is 9.56. The lowest BCUT2D eigenvalue weighted by molar-refractivity contribution is 0.465. The first-order valence-corrected chi connectivity index (χ1v) is 5.47. The maximum atomic E-state index is 11.6. The lowest BCUT2D eigenvalue weighted by Gasteiger charge is -2.05. The van der Waals surface area contributed by atoms with Crippen molar-refractivity contribution < 1.29 is 4.42 Å². The van der Waals surface area contributed by atoms with Gasteiger partial charge in [-0.15, -0.1) is 0 Å². The summed E-state index contributed by atoms with van der Waals surface area (Å²) in [6.07, 6.45) is 0.948. The summed E-state index contributed by atoms with van der Waals surface area (Å²) in [5, 5.41) is 0. The van der Waals surface area contributed by atoms with Crippen LogP contribution in [-0.4, -0.2) is 4.57 Å². The number of aryl methyl sites for hydroxylation is 1. The van der Waals surface area contributed by atoms with Crippen molar-refractivity contribution in [1.29, 1.82) is 0 Å². The molecule has 0 radical (unpaired) electrons. The van der Waals surface area contributed by atoms with Gasteiger partial charge in [0.25, 0.3) is 0 Å². The Morgan fingerprint density at radius 1 is 1.44 bits per heavy atom. The van der Waals surface area contributed by atoms with Crippen molar-refractivity contribution in [3.05, 3.63) is 28.7 Å². The number of oxazole rings is 1. The van der Waals surface area contributed by atoms with Gasteiger partial charge in [-0.2, -0.15) is 0 Å². The molecule has 16 heavy (non-hydrogen) atoms. The number of hydrogen-bond donors (Lipinski definition) is 1. The van der Waals surface area contributed by atoms with Gasteiger partial charge in [-0.1, -0.05) is 13.8 Å². The highest BCUT2D eigenvalue weighted by Crippen LogP contribution is 2.17. The first-order valence-electron chi connectivity index (χ1n) is 5.47. The molecule has 0 aliphatic heterocycles. The zero-order chi connectivity index (χ0) is 11.7. The summed E-state index contributed by atoms with van der Waals surface area (Å²) in [7, 11) is 0. The molecule has 0 unspecified atom stereocenters. The number of nitrogen functional groups attached to an aromatic ring is 1. The van der Waals surface area contributed by atoms with Gasteiger partial charge in [0.2, 0.25) is 0 Å². The van der Waals surface area contributed by atoms with E-state index in [1.807, 2.05) is 0 Å². The van der Waals surface area contributed by atoms with E-state index in [0.29, 0.717) is 23.7 Å². The molecule has 4 heteroatoms. The van der Waals surface area contributed by atoms with E-state index in [1.165, 1.54) is 0 Å². The second kappa shape index (κ2) is 4.04. The average molecular weight is 220 g/mol. The predicted molar refractivity (Wildman–Crippen MR) is 64.3 cm³/mol. The Morgan fingerprint density at radius 2 is 2.19 bits per heavy atom. The number of rotatable bonds is 3. The molecule has 0 fully saturated rings. The molecular weight excluding hydrogens is 204 g/mol. The van der Waals surface area contributed by atoms with Gasteiger partial charge in [0.05, 0.1) is 5.52 Å². The van der Waals surface area contributed by atoms with E-state index in [9.17, 15) is 4.79 Å². The van der Waals surface area contributed by atoms with E-state index in [-0.39, 0.29) is 5.76 Å². The van der Waals surface area contributed by atoms with Crippen molar-refractivity contribution in [2.24, 2.45) is 5.92 Å². The summed E-state index contributed by atoms with van der Waals surface area (Å²) in [6.45, 7) is 4.93. The van der Waals surface area contributed by atoms with Crippen molar-refractivity contribution in [1.82, 2.24) is 4.57 Å². The highest BCUT2D eigenvalue weighted by molar-refractivity contribution is 5.76. The third-order valence-electron chi connectivity index (χ3n) is 2.62. The standard InChI is InChI=1S/C12H16N2O2/c1-8(2)5-6-14-10-7-9(13)3-4-11(10)16-12(14)15/h3-4,7-8H,5-6,13H2,1-2H3. The van der Waals surface area contributed by atoms with Crippen LogP contribution in [0.1, 0.15) is 20.3 Å². The molecule has 0 bridgehead atoms. The molecule has 86 valence electrons. The molecule has 0 saturated heterocycles. The minimum atomic E-state index is -0.304. The van der Waals surface area contributed by atoms with Gasteiger partial charge in [-0.3, -0.25) is 4.57 Å². The summed E-state index contributed by atoms with van der Waals surface area (Å²) in [6, 6.07) is 5.25. The van der Waals surface area contributed by atoms with Crippen molar-refractivity contribution in [3.8, 4) is 0 Å². The van der Waals surface area contributed by atoms with Crippen molar-refractivity contribution >= 4 is 16.8 Å². The number of hydrogen-bond acceptors (Lipinski definition) is 3. The van der Waals surface area contributed by atoms with E-state index in [1.54, 1.807) is 22.8 Å². The van der Waals surface area contributed by atoms with Gasteiger partial charge >= 0.3 is 5.76 Å². The zero-order valence-corrected chi connectivity index (χ0v) is 9.56. The topological polar surface area (TPSA) is 61.2 Å². The number of fused-ring (bicyclic) bond motifs is 1. The summed E-state index contributed by atoms with van der Waals surface area (Å²) in [5.74, 6) is 0.249. The maximum Gasteiger partial charge on any atom is 0.419 e. The monoisotopic (exact) mass is 220 g/mol. The van der Waals surface area contributed by atoms with Crippen LogP contribution in [0, 0.1) is 5.92 Å². The van der Waals surface area contributed by atoms with Crippen molar-refractivity contribution in [3.63, 3.8) is 0 Å². The second-order valence-electron chi connectivity index (χ2n) is 4.43. The maximum absolute atomic E-state index is 11.6. The molecule has 1 aromatic heterocycles. The fourth-order valence-corrected chi connectivity index (χ4v) is 1.68. The van der Waals surface area contributed by atoms with Crippen LogP contribution in [0.2, 0.25) is 0 Å². The largest absolute Gasteiger partial charge is 0.419 e. The molecule has 1 aromatic carbocycles. The van der Waals surface area contributed by atoms with Gasteiger partial charge in [-0.25, -0.2) is 4.79 Å². The fraction of sp³-hybridized carbons (Fsp3) is 0.417. The van der Waals surface area contributed by atoms with Crippen LogP contribution in [-0.2, 0) is 6.54 Å². The molecule has 0 saturated carbocycles. The lowest BCUT2D eigenvalue weighted by Crippen LogP contribution is -2.15. The highest BCUT2D eigenvalue weighted by atomic mass is 16.4. The minimum absolute atomic E-state index is 0.304. The van der Waals surface area contributed by atoms with E-state index >= 15 is 0 Å². The first kappa shape index (κ1) is 10.8. The quantitative estimate of drug-likeness (QED) is 0.807. The van der Waals surface area contributed by atoms with Crippen LogP contribution in [0.25, 0.3) is 11.1 Å². The molecule has 2 N–H and O–H groups in total. The summed E-state index contributed by atoms with van der Waals surface area (Å²) >= 11 is 0. The average Bonchev–Trinajstić information content (AvgIpc) is 2.51. The number of aromatic nitrogens is 1. The molecule has 0 amide bonds. The van der Waals surface area contributed by atoms with E-state index < -0.39 is 0 Å². The van der Waals surface area contributed by atoms with Crippen LogP contribution in [0.15, 0.2) is 27.4 Å². The lowest BCUT2D eigenvalue weighted by atomic mass is 10.1. The van der Waals surface area contributed by atoms with Crippen LogP contribution < -0.4 is 11.5 Å². The van der Waals surface area contributed by atoms with E-state index in [0.717, 1.165) is 11.9 Å². The predicted octanol–water partition coefficient (Wildman–Crippen LogP) is 2.22. The van der Waals surface area contributed by atoms with Gasteiger partial charge < -0.3 is 10.2 Å². The number of nitrogens with two attached hydrogens (primary N) is 1. The summed E-state index contributed by atoms with van der Waals surface area (Å²) < 4.78 is 6.78. The van der Waals surface area contributed by atoms with Crippen LogP contribution in [0.5, 0.6) is 0 Å². The molecule has 1 heterocycles. The Kier molecular flexibility index (Phi) is 2.73. The molecule has 0 atom stereocenters. The van der Waals surface area contributed by atoms with Gasteiger partial charge in [0.15, 0.2) is 5.58 Å². The molecule has 4 nitrogen and oxygen atoms in total. The SMILES string of the molecule is CC(C)CCn1c(=O)oc2ccc(N)cc21. The van der Waals surface area contributed by atoms with E-state index in [4.69, 9.17) is 10.2 Å². The minimum Gasteiger partial charge on any atom is -0.408 e. The fourth-order valence-electron chi connectivity index (χ4n) is 1.68. The van der Waals surface area contributed by atoms with E-state index in [2.05, 4.69) is 13.8 Å². The molecule has 0 spiro atoms. The smallest absolute Gasteiger partial charge is 0.408 e. The number of benzene rings is 1. The Bertz CT molecular complexity index is 552. The van der Waals surface area contributed by atoms with Crippen LogP contribution >= 0.6 is 0 Å². The Hall–Kier alpha value is -1.71. The third-order valence-corrected chi connectivity index (χ3v) is 2.62. The van der Waals surface area contributed by atoms with Crippen molar-refractivity contribution in [2.45, 2.75) is 26.8 Å². The van der Waals surface area contributed by atoms with Crippen LogP contribution in [0.4, 0.5) is 5.69 Å². The molecular formula is C12H16N2O2. The van der Waals surface area contributed by atoms with Crippen LogP contribution in [0.3, 0.4) is 0 Å². The highest BCUT2D eigenvalue weighted by Gasteiger charge is 2.09. The number of anilines is 1. The Labute approximate surface area is 93.7 Å². The first-order chi connectivity index (χ1) is 7.58. The second-order valence-corrected chi connectivity index (χ2v) is 4.43. The number of nitrogens with zero attached hydrogens (tertiary/aromatic N) is 1. The molecule has 2 aromatic rings. The molecule has 0 aliphatic carbocycles. The van der Waals surface area contributed by atoms with Gasteiger partial charge in [0.1, 0.15) is 0 Å². The van der Waals surface area contributed by atoms with Gasteiger partial charge in [0, 0.05) is 12.2 Å². The third kappa shape index (κ3) is 1.96. The molecule has 0 aliphatic rings.